The molecule has 0 bridgehead atoms. The SMILES string of the molecule is CO[Si](CO)(CCN(C1CCOC1)C1CCOC1)OC. The maximum absolute atomic E-state index is 9.56. The molecule has 2 atom stereocenters. The second kappa shape index (κ2) is 7.84. The number of aliphatic hydroxyl groups excluding tert-OH is 1. The molecule has 0 saturated carbocycles. The van der Waals surface area contributed by atoms with Gasteiger partial charge in [-0.3, -0.25) is 4.90 Å². The Morgan fingerprint density at radius 3 is 2.00 bits per heavy atom. The number of hydrogen-bond acceptors (Lipinski definition) is 6. The lowest BCUT2D eigenvalue weighted by molar-refractivity contribution is 0.0933. The molecule has 2 rings (SSSR count). The highest BCUT2D eigenvalue weighted by atomic mass is 28.4. The first-order valence-corrected chi connectivity index (χ1v) is 9.60. The lowest BCUT2D eigenvalue weighted by atomic mass is 10.1. The molecule has 6 nitrogen and oxygen atoms in total. The number of rotatable bonds is 8. The van der Waals surface area contributed by atoms with Gasteiger partial charge in [-0.15, -0.1) is 0 Å². The van der Waals surface area contributed by atoms with E-state index in [-0.39, 0.29) is 6.23 Å². The maximum Gasteiger partial charge on any atom is 0.365 e. The van der Waals surface area contributed by atoms with Crippen LogP contribution in [0, 0.1) is 0 Å². The van der Waals surface area contributed by atoms with Gasteiger partial charge in [0.05, 0.1) is 19.4 Å². The highest BCUT2D eigenvalue weighted by molar-refractivity contribution is 6.67. The average Bonchev–Trinajstić information content (AvgIpc) is 3.18. The second-order valence-electron chi connectivity index (χ2n) is 5.50. The van der Waals surface area contributed by atoms with Gasteiger partial charge in [0.1, 0.15) is 0 Å². The van der Waals surface area contributed by atoms with Crippen molar-refractivity contribution in [1.82, 2.24) is 4.90 Å². The van der Waals surface area contributed by atoms with E-state index in [0.717, 1.165) is 51.9 Å². The molecule has 0 aliphatic carbocycles. The molecule has 0 amide bonds. The summed E-state index contributed by atoms with van der Waals surface area (Å²) in [7, 11) is 0.815. The minimum atomic E-state index is -2.45. The van der Waals surface area contributed by atoms with Gasteiger partial charge in [0.25, 0.3) is 0 Å². The van der Waals surface area contributed by atoms with Gasteiger partial charge in [-0.05, 0) is 12.8 Å². The molecule has 0 aromatic heterocycles. The number of ether oxygens (including phenoxy) is 2. The predicted octanol–water partition coefficient (Wildman–Crippen LogP) is 0.133. The maximum atomic E-state index is 9.56. The van der Waals surface area contributed by atoms with E-state index in [9.17, 15) is 5.11 Å². The molecule has 20 heavy (non-hydrogen) atoms. The van der Waals surface area contributed by atoms with Crippen LogP contribution in [0.5, 0.6) is 0 Å². The zero-order chi connectivity index (χ0) is 14.4. The first kappa shape index (κ1) is 16.3. The third kappa shape index (κ3) is 3.79. The molecule has 2 heterocycles. The van der Waals surface area contributed by atoms with Crippen LogP contribution in [0.2, 0.25) is 6.04 Å². The first-order valence-electron chi connectivity index (χ1n) is 7.37. The fourth-order valence-corrected chi connectivity index (χ4v) is 4.62. The van der Waals surface area contributed by atoms with Gasteiger partial charge < -0.3 is 23.4 Å². The van der Waals surface area contributed by atoms with Crippen molar-refractivity contribution >= 4 is 8.56 Å². The van der Waals surface area contributed by atoms with E-state index in [4.69, 9.17) is 18.3 Å². The van der Waals surface area contributed by atoms with Crippen LogP contribution in [0.1, 0.15) is 12.8 Å². The Hall–Kier alpha value is -0.0231. The number of hydrogen-bond donors (Lipinski definition) is 1. The minimum absolute atomic E-state index is 0.00380. The summed E-state index contributed by atoms with van der Waals surface area (Å²) in [6, 6.07) is 1.69. The summed E-state index contributed by atoms with van der Waals surface area (Å²) in [5.74, 6) is 0. The largest absolute Gasteiger partial charge is 0.396 e. The van der Waals surface area contributed by atoms with E-state index in [1.165, 1.54) is 0 Å². The van der Waals surface area contributed by atoms with Crippen molar-refractivity contribution in [3.63, 3.8) is 0 Å². The summed E-state index contributed by atoms with van der Waals surface area (Å²) < 4.78 is 22.0. The Morgan fingerprint density at radius 2 is 1.65 bits per heavy atom. The molecule has 0 aromatic rings. The summed E-state index contributed by atoms with van der Waals surface area (Å²) in [6.45, 7) is 4.14. The van der Waals surface area contributed by atoms with Gasteiger partial charge in [-0.25, -0.2) is 0 Å². The summed E-state index contributed by atoms with van der Waals surface area (Å²) >= 11 is 0. The fraction of sp³-hybridized carbons (Fsp3) is 1.00. The van der Waals surface area contributed by atoms with E-state index < -0.39 is 8.56 Å². The van der Waals surface area contributed by atoms with E-state index in [1.54, 1.807) is 14.2 Å². The van der Waals surface area contributed by atoms with E-state index in [1.807, 2.05) is 0 Å². The van der Waals surface area contributed by atoms with Crippen molar-refractivity contribution in [2.24, 2.45) is 0 Å². The average molecular weight is 305 g/mol. The molecular formula is C13H27NO5Si. The molecule has 2 aliphatic heterocycles. The van der Waals surface area contributed by atoms with Gasteiger partial charge >= 0.3 is 8.56 Å². The summed E-state index contributed by atoms with van der Waals surface area (Å²) in [6.07, 6.45) is 2.14. The van der Waals surface area contributed by atoms with Crippen molar-refractivity contribution in [3.8, 4) is 0 Å². The molecular weight excluding hydrogens is 278 g/mol. The number of aliphatic hydroxyl groups is 1. The Morgan fingerprint density at radius 1 is 1.10 bits per heavy atom. The van der Waals surface area contributed by atoms with Crippen molar-refractivity contribution in [2.75, 3.05) is 53.4 Å². The van der Waals surface area contributed by atoms with Crippen molar-refractivity contribution < 1.29 is 23.4 Å². The topological polar surface area (TPSA) is 60.4 Å². The molecule has 2 aliphatic rings. The van der Waals surface area contributed by atoms with Gasteiger partial charge in [-0.1, -0.05) is 0 Å². The second-order valence-corrected chi connectivity index (χ2v) is 8.95. The lowest BCUT2D eigenvalue weighted by Gasteiger charge is -2.35. The van der Waals surface area contributed by atoms with Gasteiger partial charge in [0.2, 0.25) is 0 Å². The van der Waals surface area contributed by atoms with Crippen molar-refractivity contribution in [3.05, 3.63) is 0 Å². The van der Waals surface area contributed by atoms with Crippen LogP contribution >= 0.6 is 0 Å². The summed E-state index contributed by atoms with van der Waals surface area (Å²) in [5, 5.41) is 9.56. The highest BCUT2D eigenvalue weighted by Gasteiger charge is 2.38. The zero-order valence-electron chi connectivity index (χ0n) is 12.5. The van der Waals surface area contributed by atoms with Crippen LogP contribution < -0.4 is 0 Å². The van der Waals surface area contributed by atoms with E-state index >= 15 is 0 Å². The summed E-state index contributed by atoms with van der Waals surface area (Å²) in [4.78, 5) is 2.48. The molecule has 2 unspecified atom stereocenters. The Balaban J connectivity index is 1.96. The van der Waals surface area contributed by atoms with Crippen LogP contribution in [0.15, 0.2) is 0 Å². The van der Waals surface area contributed by atoms with Crippen molar-refractivity contribution in [1.29, 1.82) is 0 Å². The Bertz CT molecular complexity index is 254. The monoisotopic (exact) mass is 305 g/mol. The van der Waals surface area contributed by atoms with Crippen LogP contribution in [0.3, 0.4) is 0 Å². The Kier molecular flexibility index (Phi) is 6.41. The molecule has 0 radical (unpaired) electrons. The third-order valence-corrected chi connectivity index (χ3v) is 7.44. The lowest BCUT2D eigenvalue weighted by Crippen LogP contribution is -2.51. The molecule has 1 N–H and O–H groups in total. The van der Waals surface area contributed by atoms with E-state index in [2.05, 4.69) is 4.90 Å². The summed E-state index contributed by atoms with van der Waals surface area (Å²) in [5.41, 5.74) is 0. The third-order valence-electron chi connectivity index (χ3n) is 4.49. The van der Waals surface area contributed by atoms with Crippen molar-refractivity contribution in [2.45, 2.75) is 31.0 Å². The van der Waals surface area contributed by atoms with E-state index in [0.29, 0.717) is 12.1 Å². The Labute approximate surface area is 122 Å². The minimum Gasteiger partial charge on any atom is -0.396 e. The van der Waals surface area contributed by atoms with Crippen LogP contribution in [-0.2, 0) is 18.3 Å². The molecule has 118 valence electrons. The standard InChI is InChI=1S/C13H27NO5Si/c1-16-20(11-15,17-2)8-5-14(12-3-6-18-9-12)13-4-7-19-10-13/h12-13,15H,3-11H2,1-2H3. The van der Waals surface area contributed by atoms with Gasteiger partial charge in [-0.2, -0.15) is 0 Å². The van der Waals surface area contributed by atoms with Gasteiger partial charge in [0, 0.05) is 52.1 Å². The molecule has 0 aromatic carbocycles. The highest BCUT2D eigenvalue weighted by Crippen LogP contribution is 2.23. The molecule has 0 spiro atoms. The smallest absolute Gasteiger partial charge is 0.365 e. The quantitative estimate of drug-likeness (QED) is 0.644. The number of nitrogens with zero attached hydrogens (tertiary/aromatic N) is 1. The van der Waals surface area contributed by atoms with Crippen LogP contribution in [-0.4, -0.2) is 84.1 Å². The molecule has 7 heteroatoms. The molecule has 2 fully saturated rings. The van der Waals surface area contributed by atoms with Gasteiger partial charge in [0.15, 0.2) is 0 Å². The normalized spacial score (nSPS) is 27.6. The molecule has 2 saturated heterocycles. The van der Waals surface area contributed by atoms with Crippen LogP contribution in [0.25, 0.3) is 0 Å². The fourth-order valence-electron chi connectivity index (χ4n) is 3.03. The zero-order valence-corrected chi connectivity index (χ0v) is 13.5. The first-order chi connectivity index (χ1) is 9.74. The van der Waals surface area contributed by atoms with Crippen LogP contribution in [0.4, 0.5) is 0 Å². The predicted molar refractivity (Wildman–Crippen MR) is 76.8 cm³/mol.